The van der Waals surface area contributed by atoms with E-state index in [2.05, 4.69) is 199 Å². The fourth-order valence-corrected chi connectivity index (χ4v) is 9.39. The molecule has 258 valence electrons. The smallest absolute Gasteiger partial charge is 0.143 e. The molecule has 55 heavy (non-hydrogen) atoms. The molecule has 0 aliphatic rings. The molecule has 0 bridgehead atoms. The van der Waals surface area contributed by atoms with E-state index in [0.29, 0.717) is 0 Å². The Bertz CT molecular complexity index is 3190. The van der Waals surface area contributed by atoms with Gasteiger partial charge in [-0.2, -0.15) is 0 Å². The van der Waals surface area contributed by atoms with Gasteiger partial charge in [0, 0.05) is 47.9 Å². The van der Waals surface area contributed by atoms with Crippen LogP contribution in [0.4, 0.5) is 17.1 Å². The molecule has 2 aromatic heterocycles. The number of hydrogen-bond acceptors (Lipinski definition) is 3. The van der Waals surface area contributed by atoms with Crippen molar-refractivity contribution in [2.24, 2.45) is 0 Å². The molecule has 11 rings (SSSR count). The molecule has 0 saturated carbocycles. The molecule has 0 aliphatic carbocycles. The number of rotatable bonds is 6. The van der Waals surface area contributed by atoms with Crippen LogP contribution in [0.25, 0.3) is 86.3 Å². The molecule has 2 nitrogen and oxygen atoms in total. The van der Waals surface area contributed by atoms with E-state index in [1.165, 1.54) is 47.8 Å². The van der Waals surface area contributed by atoms with Crippen molar-refractivity contribution < 1.29 is 4.42 Å². The van der Waals surface area contributed by atoms with Crippen LogP contribution in [0, 0.1) is 0 Å². The summed E-state index contributed by atoms with van der Waals surface area (Å²) in [5.74, 6) is 0. The molecule has 0 atom stereocenters. The normalized spacial score (nSPS) is 11.6. The average Bonchev–Trinajstić information content (AvgIpc) is 3.83. The van der Waals surface area contributed by atoms with E-state index in [1.54, 1.807) is 0 Å². The fourth-order valence-electron chi connectivity index (χ4n) is 8.26. The summed E-state index contributed by atoms with van der Waals surface area (Å²) < 4.78 is 9.07. The van der Waals surface area contributed by atoms with Crippen molar-refractivity contribution in [3.05, 3.63) is 200 Å². The highest BCUT2D eigenvalue weighted by Crippen LogP contribution is 2.46. The molecule has 0 radical (unpaired) electrons. The lowest BCUT2D eigenvalue weighted by molar-refractivity contribution is 0.670. The molecule has 0 N–H and O–H groups in total. The van der Waals surface area contributed by atoms with Crippen LogP contribution in [0.5, 0.6) is 0 Å². The number of hydrogen-bond donors (Lipinski definition) is 0. The molecule has 11 aromatic rings. The SMILES string of the molecule is c1ccc(-c2cccc3c2oc2ccc(-c4ccc(N(c5ccc(-c6cccc7ccccc67)cc5)c5cccc6sc7ccccc7c56)cc4)cc23)cc1. The van der Waals surface area contributed by atoms with Gasteiger partial charge in [0.05, 0.1) is 5.69 Å². The van der Waals surface area contributed by atoms with Gasteiger partial charge in [-0.25, -0.2) is 0 Å². The summed E-state index contributed by atoms with van der Waals surface area (Å²) in [5, 5.41) is 7.32. The summed E-state index contributed by atoms with van der Waals surface area (Å²) in [6.07, 6.45) is 0. The van der Waals surface area contributed by atoms with E-state index < -0.39 is 0 Å². The number of nitrogens with zero attached hydrogens (tertiary/aromatic N) is 1. The summed E-state index contributed by atoms with van der Waals surface area (Å²) in [4.78, 5) is 2.41. The molecule has 0 saturated heterocycles. The van der Waals surface area contributed by atoms with E-state index in [0.717, 1.165) is 55.6 Å². The van der Waals surface area contributed by atoms with Crippen molar-refractivity contribution in [3.8, 4) is 33.4 Å². The Morgan fingerprint density at radius 1 is 0.382 bits per heavy atom. The van der Waals surface area contributed by atoms with Gasteiger partial charge in [0.1, 0.15) is 11.2 Å². The summed E-state index contributed by atoms with van der Waals surface area (Å²) in [6, 6.07) is 72.1. The van der Waals surface area contributed by atoms with E-state index >= 15 is 0 Å². The average molecular weight is 720 g/mol. The zero-order valence-electron chi connectivity index (χ0n) is 29.8. The van der Waals surface area contributed by atoms with Gasteiger partial charge in [-0.15, -0.1) is 11.3 Å². The number of para-hydroxylation sites is 1. The summed E-state index contributed by atoms with van der Waals surface area (Å²) in [6.45, 7) is 0. The first kappa shape index (κ1) is 31.6. The van der Waals surface area contributed by atoms with Gasteiger partial charge in [0.15, 0.2) is 0 Å². The van der Waals surface area contributed by atoms with Crippen LogP contribution in [0.15, 0.2) is 205 Å². The van der Waals surface area contributed by atoms with Gasteiger partial charge >= 0.3 is 0 Å². The Kier molecular flexibility index (Phi) is 7.39. The van der Waals surface area contributed by atoms with Crippen LogP contribution in [-0.4, -0.2) is 0 Å². The minimum absolute atomic E-state index is 0.896. The van der Waals surface area contributed by atoms with Gasteiger partial charge in [-0.05, 0) is 93.2 Å². The minimum Gasteiger partial charge on any atom is -0.455 e. The zero-order valence-corrected chi connectivity index (χ0v) is 30.6. The molecule has 0 amide bonds. The molecular formula is C52H33NOS. The number of furan rings is 1. The zero-order chi connectivity index (χ0) is 36.3. The molecule has 9 aromatic carbocycles. The highest BCUT2D eigenvalue weighted by Gasteiger charge is 2.19. The van der Waals surface area contributed by atoms with Gasteiger partial charge in [-0.1, -0.05) is 146 Å². The highest BCUT2D eigenvalue weighted by molar-refractivity contribution is 7.26. The maximum Gasteiger partial charge on any atom is 0.143 e. The largest absolute Gasteiger partial charge is 0.455 e. The maximum atomic E-state index is 6.49. The Morgan fingerprint density at radius 2 is 0.982 bits per heavy atom. The molecule has 0 fully saturated rings. The highest BCUT2D eigenvalue weighted by atomic mass is 32.1. The maximum absolute atomic E-state index is 6.49. The summed E-state index contributed by atoms with van der Waals surface area (Å²) in [7, 11) is 0. The molecule has 0 aliphatic heterocycles. The number of fused-ring (bicyclic) bond motifs is 7. The van der Waals surface area contributed by atoms with Crippen LogP contribution < -0.4 is 4.90 Å². The first-order chi connectivity index (χ1) is 27.3. The molecule has 0 spiro atoms. The summed E-state index contributed by atoms with van der Waals surface area (Å²) in [5.41, 5.74) is 12.2. The van der Waals surface area contributed by atoms with E-state index in [-0.39, 0.29) is 0 Å². The molecular weight excluding hydrogens is 687 g/mol. The third-order valence-electron chi connectivity index (χ3n) is 10.9. The van der Waals surface area contributed by atoms with Crippen molar-refractivity contribution in [1.82, 2.24) is 0 Å². The van der Waals surface area contributed by atoms with Crippen LogP contribution in [0.2, 0.25) is 0 Å². The van der Waals surface area contributed by atoms with Gasteiger partial charge < -0.3 is 9.32 Å². The third-order valence-corrected chi connectivity index (χ3v) is 12.0. The van der Waals surface area contributed by atoms with E-state index in [9.17, 15) is 0 Å². The first-order valence-corrected chi connectivity index (χ1v) is 19.5. The summed E-state index contributed by atoms with van der Waals surface area (Å²) >= 11 is 1.85. The Labute approximate surface area is 322 Å². The Morgan fingerprint density at radius 3 is 1.82 bits per heavy atom. The predicted molar refractivity (Wildman–Crippen MR) is 235 cm³/mol. The fraction of sp³-hybridized carbons (Fsp3) is 0. The number of thiophene rings is 1. The molecule has 0 unspecified atom stereocenters. The van der Waals surface area contributed by atoms with Crippen LogP contribution in [0.1, 0.15) is 0 Å². The number of anilines is 3. The van der Waals surface area contributed by atoms with Gasteiger partial charge in [0.25, 0.3) is 0 Å². The van der Waals surface area contributed by atoms with Crippen LogP contribution in [0.3, 0.4) is 0 Å². The lowest BCUT2D eigenvalue weighted by Crippen LogP contribution is -2.10. The predicted octanol–water partition coefficient (Wildman–Crippen LogP) is 15.6. The quantitative estimate of drug-likeness (QED) is 0.170. The molecule has 3 heteroatoms. The molecule has 2 heterocycles. The lowest BCUT2D eigenvalue weighted by Gasteiger charge is -2.27. The topological polar surface area (TPSA) is 16.4 Å². The van der Waals surface area contributed by atoms with Crippen molar-refractivity contribution >= 4 is 81.3 Å². The van der Waals surface area contributed by atoms with Gasteiger partial charge in [0.2, 0.25) is 0 Å². The Hall–Kier alpha value is -6.94. The minimum atomic E-state index is 0.896. The lowest BCUT2D eigenvalue weighted by atomic mass is 9.98. The van der Waals surface area contributed by atoms with Crippen LogP contribution >= 0.6 is 11.3 Å². The van der Waals surface area contributed by atoms with Crippen molar-refractivity contribution in [2.45, 2.75) is 0 Å². The monoisotopic (exact) mass is 719 g/mol. The number of benzene rings is 9. The van der Waals surface area contributed by atoms with Gasteiger partial charge in [-0.3, -0.25) is 0 Å². The van der Waals surface area contributed by atoms with Crippen molar-refractivity contribution in [2.75, 3.05) is 4.90 Å². The second-order valence-corrected chi connectivity index (χ2v) is 15.1. The van der Waals surface area contributed by atoms with Crippen molar-refractivity contribution in [3.63, 3.8) is 0 Å². The second kappa shape index (κ2) is 12.9. The van der Waals surface area contributed by atoms with E-state index in [1.807, 2.05) is 17.4 Å². The van der Waals surface area contributed by atoms with E-state index in [4.69, 9.17) is 4.42 Å². The van der Waals surface area contributed by atoms with Crippen molar-refractivity contribution in [1.29, 1.82) is 0 Å². The second-order valence-electron chi connectivity index (χ2n) is 14.1. The van der Waals surface area contributed by atoms with Crippen LogP contribution in [-0.2, 0) is 0 Å². The third kappa shape index (κ3) is 5.32. The first-order valence-electron chi connectivity index (χ1n) is 18.7. The standard InChI is InChI=1S/C52H33NOS/c1-2-11-36(12-3-1)43-18-9-19-44-46-33-38(27-32-48(46)54-52(43)44)34-23-28-39(29-24-34)53(47-20-10-22-50-51(47)45-16-6-7-21-49(45)55-50)40-30-25-37(26-31-40)42-17-8-14-35-13-4-5-15-41(35)42/h1-33H. The Balaban J connectivity index is 1.02.